The highest BCUT2D eigenvalue weighted by atomic mass is 32.1. The minimum Gasteiger partial charge on any atom is -0.298 e. The zero-order valence-electron chi connectivity index (χ0n) is 14.9. The van der Waals surface area contributed by atoms with E-state index < -0.39 is 0 Å². The van der Waals surface area contributed by atoms with Gasteiger partial charge in [0.2, 0.25) is 0 Å². The number of pyridine rings is 1. The first-order valence-corrected chi connectivity index (χ1v) is 9.37. The molecule has 1 aromatic carbocycles. The van der Waals surface area contributed by atoms with Crippen LogP contribution in [-0.4, -0.2) is 25.8 Å². The zero-order chi connectivity index (χ0) is 18.8. The van der Waals surface area contributed by atoms with E-state index in [4.69, 9.17) is 0 Å². The number of amides is 1. The number of nitrogens with one attached hydrogen (secondary N) is 1. The summed E-state index contributed by atoms with van der Waals surface area (Å²) in [6.45, 7) is 3.97. The van der Waals surface area contributed by atoms with Crippen LogP contribution in [0.5, 0.6) is 0 Å². The molecule has 7 heteroatoms. The minimum atomic E-state index is -0.216. The molecule has 0 aliphatic carbocycles. The maximum Gasteiger partial charge on any atom is 0.259 e. The van der Waals surface area contributed by atoms with E-state index in [1.54, 1.807) is 18.6 Å². The van der Waals surface area contributed by atoms with Gasteiger partial charge < -0.3 is 0 Å². The summed E-state index contributed by atoms with van der Waals surface area (Å²) in [5.74, 6) is -0.170. The molecule has 1 amide bonds. The third kappa shape index (κ3) is 3.54. The van der Waals surface area contributed by atoms with Crippen LogP contribution in [0.4, 0.5) is 5.13 Å². The second-order valence-electron chi connectivity index (χ2n) is 6.29. The van der Waals surface area contributed by atoms with Gasteiger partial charge >= 0.3 is 0 Å². The summed E-state index contributed by atoms with van der Waals surface area (Å²) in [5, 5.41) is 6.28. The van der Waals surface area contributed by atoms with Crippen LogP contribution in [0.15, 0.2) is 54.6 Å². The lowest BCUT2D eigenvalue weighted by atomic mass is 9.92. The number of fused-ring (bicyclic) bond motifs is 1. The number of anilines is 1. The third-order valence-electron chi connectivity index (χ3n) is 4.39. The van der Waals surface area contributed by atoms with Gasteiger partial charge in [0.15, 0.2) is 5.13 Å². The summed E-state index contributed by atoms with van der Waals surface area (Å²) in [6.07, 6.45) is 6.79. The average molecular weight is 375 g/mol. The summed E-state index contributed by atoms with van der Waals surface area (Å²) >= 11 is 1.41. The summed E-state index contributed by atoms with van der Waals surface area (Å²) < 4.78 is 0. The molecule has 0 aliphatic rings. The fraction of sp³-hybridized carbons (Fsp3) is 0.150. The maximum absolute atomic E-state index is 12.9. The zero-order valence-corrected chi connectivity index (χ0v) is 15.7. The molecule has 0 saturated heterocycles. The van der Waals surface area contributed by atoms with Crippen molar-refractivity contribution in [2.45, 2.75) is 19.8 Å². The van der Waals surface area contributed by atoms with Crippen LogP contribution in [0.1, 0.15) is 40.0 Å². The lowest BCUT2D eigenvalue weighted by Crippen LogP contribution is -2.14. The molecule has 4 rings (SSSR count). The highest BCUT2D eigenvalue weighted by Gasteiger charge is 2.18. The number of carbonyl (C=O) groups excluding carboxylic acids is 1. The van der Waals surface area contributed by atoms with Gasteiger partial charge in [-0.1, -0.05) is 13.0 Å². The molecule has 1 atom stereocenters. The smallest absolute Gasteiger partial charge is 0.259 e. The Balaban J connectivity index is 1.77. The van der Waals surface area contributed by atoms with Crippen molar-refractivity contribution in [3.05, 3.63) is 76.9 Å². The predicted octanol–water partition coefficient (Wildman–Crippen LogP) is 4.19. The fourth-order valence-corrected chi connectivity index (χ4v) is 3.62. The summed E-state index contributed by atoms with van der Waals surface area (Å²) in [4.78, 5) is 29.9. The Bertz CT molecular complexity index is 1110. The quantitative estimate of drug-likeness (QED) is 0.578. The summed E-state index contributed by atoms with van der Waals surface area (Å²) in [6, 6.07) is 7.78. The molecule has 0 fully saturated rings. The second kappa shape index (κ2) is 7.20. The van der Waals surface area contributed by atoms with Crippen molar-refractivity contribution in [2.24, 2.45) is 0 Å². The fourth-order valence-electron chi connectivity index (χ4n) is 2.94. The molecule has 3 aromatic heterocycles. The number of benzene rings is 1. The summed E-state index contributed by atoms with van der Waals surface area (Å²) in [5.41, 5.74) is 4.07. The molecule has 4 aromatic rings. The molecule has 0 aliphatic heterocycles. The number of nitrogens with zero attached hydrogens (tertiary/aromatic N) is 4. The molecule has 0 radical (unpaired) electrons. The lowest BCUT2D eigenvalue weighted by molar-refractivity contribution is 0.102. The normalized spacial score (nSPS) is 12.1. The number of aromatic nitrogens is 4. The monoisotopic (exact) mass is 375 g/mol. The Kier molecular flexibility index (Phi) is 4.60. The van der Waals surface area contributed by atoms with E-state index in [2.05, 4.69) is 38.2 Å². The van der Waals surface area contributed by atoms with Crippen LogP contribution in [-0.2, 0) is 0 Å². The Labute approximate surface area is 160 Å². The standard InChI is InChI=1S/C20H17N5OS/c1-12-10-27-20(24-12)25-19(26)17-7-15(6-14-4-3-5-23-18(14)17)13(2)16-8-21-11-22-9-16/h3-11,13H,1-2H3,(H,24,25,26). The van der Waals surface area contributed by atoms with Gasteiger partial charge in [-0.3, -0.25) is 15.1 Å². The van der Waals surface area contributed by atoms with Gasteiger partial charge in [0.25, 0.3) is 5.91 Å². The lowest BCUT2D eigenvalue weighted by Gasteiger charge is -2.15. The third-order valence-corrected chi connectivity index (χ3v) is 5.27. The molecular weight excluding hydrogens is 358 g/mol. The molecule has 6 nitrogen and oxygen atoms in total. The molecule has 0 saturated carbocycles. The van der Waals surface area contributed by atoms with Gasteiger partial charge in [-0.2, -0.15) is 0 Å². The van der Waals surface area contributed by atoms with E-state index in [1.165, 1.54) is 17.7 Å². The van der Waals surface area contributed by atoms with Crippen LogP contribution in [0.3, 0.4) is 0 Å². The highest BCUT2D eigenvalue weighted by Crippen LogP contribution is 2.29. The predicted molar refractivity (Wildman–Crippen MR) is 106 cm³/mol. The number of hydrogen-bond acceptors (Lipinski definition) is 6. The van der Waals surface area contributed by atoms with Crippen molar-refractivity contribution in [3.63, 3.8) is 0 Å². The van der Waals surface area contributed by atoms with Crippen molar-refractivity contribution in [1.29, 1.82) is 0 Å². The van der Waals surface area contributed by atoms with Gasteiger partial charge in [-0.05, 0) is 36.2 Å². The molecule has 134 valence electrons. The van der Waals surface area contributed by atoms with Gasteiger partial charge in [0.05, 0.1) is 16.8 Å². The molecular formula is C20H17N5OS. The van der Waals surface area contributed by atoms with E-state index in [1.807, 2.05) is 30.5 Å². The number of thiazole rings is 1. The Morgan fingerprint density at radius 2 is 2.00 bits per heavy atom. The van der Waals surface area contributed by atoms with Crippen LogP contribution < -0.4 is 5.32 Å². The maximum atomic E-state index is 12.9. The first-order valence-electron chi connectivity index (χ1n) is 8.49. The van der Waals surface area contributed by atoms with Gasteiger partial charge in [-0.25, -0.2) is 15.0 Å². The van der Waals surface area contributed by atoms with Crippen LogP contribution >= 0.6 is 11.3 Å². The number of aryl methyl sites for hydroxylation is 1. The van der Waals surface area contributed by atoms with Gasteiger partial charge in [-0.15, -0.1) is 11.3 Å². The van der Waals surface area contributed by atoms with Crippen LogP contribution in [0.25, 0.3) is 10.9 Å². The molecule has 27 heavy (non-hydrogen) atoms. The van der Waals surface area contributed by atoms with Crippen molar-refractivity contribution in [1.82, 2.24) is 19.9 Å². The molecule has 3 heterocycles. The molecule has 1 N–H and O–H groups in total. The average Bonchev–Trinajstić information content (AvgIpc) is 3.11. The van der Waals surface area contributed by atoms with Crippen LogP contribution in [0, 0.1) is 6.92 Å². The molecule has 0 spiro atoms. The van der Waals surface area contributed by atoms with E-state index in [0.717, 1.165) is 22.2 Å². The summed E-state index contributed by atoms with van der Waals surface area (Å²) in [7, 11) is 0. The van der Waals surface area contributed by atoms with Crippen molar-refractivity contribution < 1.29 is 4.79 Å². The SMILES string of the molecule is Cc1csc(NC(=O)c2cc(C(C)c3cncnc3)cc3cccnc23)n1. The topological polar surface area (TPSA) is 80.7 Å². The van der Waals surface area contributed by atoms with Crippen molar-refractivity contribution in [3.8, 4) is 0 Å². The molecule has 1 unspecified atom stereocenters. The first-order chi connectivity index (χ1) is 13.1. The van der Waals surface area contributed by atoms with E-state index in [0.29, 0.717) is 16.2 Å². The molecule has 0 bridgehead atoms. The highest BCUT2D eigenvalue weighted by molar-refractivity contribution is 7.13. The van der Waals surface area contributed by atoms with E-state index in [-0.39, 0.29) is 11.8 Å². The Morgan fingerprint density at radius 3 is 2.74 bits per heavy atom. The van der Waals surface area contributed by atoms with E-state index in [9.17, 15) is 4.79 Å². The number of rotatable bonds is 4. The van der Waals surface area contributed by atoms with Gasteiger partial charge in [0.1, 0.15) is 6.33 Å². The number of carbonyl (C=O) groups is 1. The van der Waals surface area contributed by atoms with Crippen LogP contribution in [0.2, 0.25) is 0 Å². The van der Waals surface area contributed by atoms with Gasteiger partial charge in [0, 0.05) is 35.3 Å². The second-order valence-corrected chi connectivity index (χ2v) is 7.14. The Hall–Kier alpha value is -3.19. The first kappa shape index (κ1) is 17.2. The van der Waals surface area contributed by atoms with E-state index >= 15 is 0 Å². The number of hydrogen-bond donors (Lipinski definition) is 1. The Morgan fingerprint density at radius 1 is 1.19 bits per heavy atom. The van der Waals surface area contributed by atoms with Crippen molar-refractivity contribution in [2.75, 3.05) is 5.32 Å². The largest absolute Gasteiger partial charge is 0.298 e. The minimum absolute atomic E-state index is 0.0458. The van der Waals surface area contributed by atoms with Crippen molar-refractivity contribution >= 4 is 33.3 Å².